The zero-order valence-electron chi connectivity index (χ0n) is 11.8. The van der Waals surface area contributed by atoms with Gasteiger partial charge in [-0.25, -0.2) is 0 Å². The van der Waals surface area contributed by atoms with Crippen LogP contribution in [-0.4, -0.2) is 36.6 Å². The van der Waals surface area contributed by atoms with Gasteiger partial charge in [0, 0.05) is 29.6 Å². The predicted molar refractivity (Wildman–Crippen MR) is 81.9 cm³/mol. The number of carbonyl (C=O) groups excluding carboxylic acids is 1. The van der Waals surface area contributed by atoms with Crippen molar-refractivity contribution in [2.24, 2.45) is 5.92 Å². The van der Waals surface area contributed by atoms with Crippen LogP contribution in [0.25, 0.3) is 0 Å². The number of nitrogens with zero attached hydrogens (tertiary/aromatic N) is 1. The first-order valence-corrected chi connectivity index (χ1v) is 8.09. The molecule has 1 aromatic carbocycles. The number of carbonyl (C=O) groups is 1. The summed E-state index contributed by atoms with van der Waals surface area (Å²) in [6, 6.07) is 6.39. The minimum atomic E-state index is 0.159. The van der Waals surface area contributed by atoms with Crippen molar-refractivity contribution in [2.45, 2.75) is 32.2 Å². The molecule has 0 aromatic heterocycles. The third-order valence-electron chi connectivity index (χ3n) is 4.08. The lowest BCUT2D eigenvalue weighted by atomic mass is 10.1. The minimum Gasteiger partial charge on any atom is -0.381 e. The molecule has 1 heterocycles. The van der Waals surface area contributed by atoms with E-state index in [0.717, 1.165) is 54.6 Å². The SMILES string of the molecule is Cc1ccc(C(=O)N(CC2CCOC2)C2CC2)c(Br)c1. The number of amides is 1. The highest BCUT2D eigenvalue weighted by Crippen LogP contribution is 2.31. The van der Waals surface area contributed by atoms with E-state index in [1.165, 1.54) is 0 Å². The van der Waals surface area contributed by atoms with E-state index in [9.17, 15) is 4.79 Å². The van der Waals surface area contributed by atoms with Gasteiger partial charge in [-0.1, -0.05) is 6.07 Å². The molecule has 0 radical (unpaired) electrons. The van der Waals surface area contributed by atoms with Gasteiger partial charge in [0.15, 0.2) is 0 Å². The van der Waals surface area contributed by atoms with Gasteiger partial charge >= 0.3 is 0 Å². The molecule has 2 fully saturated rings. The second-order valence-electron chi connectivity index (χ2n) is 5.90. The Hall–Kier alpha value is -0.870. The Bertz CT molecular complexity index is 507. The van der Waals surface area contributed by atoms with Gasteiger partial charge in [-0.3, -0.25) is 4.79 Å². The second kappa shape index (κ2) is 5.86. The van der Waals surface area contributed by atoms with Crippen LogP contribution in [0.3, 0.4) is 0 Å². The maximum absolute atomic E-state index is 12.8. The largest absolute Gasteiger partial charge is 0.381 e. The molecule has 1 amide bonds. The summed E-state index contributed by atoms with van der Waals surface area (Å²) in [4.78, 5) is 14.9. The summed E-state index contributed by atoms with van der Waals surface area (Å²) in [6.45, 7) is 4.51. The Morgan fingerprint density at radius 3 is 2.80 bits per heavy atom. The number of aryl methyl sites for hydroxylation is 1. The van der Waals surface area contributed by atoms with E-state index >= 15 is 0 Å². The summed E-state index contributed by atoms with van der Waals surface area (Å²) in [7, 11) is 0. The number of ether oxygens (including phenoxy) is 1. The molecule has 3 rings (SSSR count). The molecule has 2 aliphatic rings. The van der Waals surface area contributed by atoms with E-state index in [0.29, 0.717) is 12.0 Å². The molecule has 0 N–H and O–H groups in total. The van der Waals surface area contributed by atoms with Crippen LogP contribution >= 0.6 is 15.9 Å². The first kappa shape index (κ1) is 14.1. The molecule has 3 nitrogen and oxygen atoms in total. The van der Waals surface area contributed by atoms with Crippen molar-refractivity contribution in [2.75, 3.05) is 19.8 Å². The molecule has 1 saturated heterocycles. The first-order valence-electron chi connectivity index (χ1n) is 7.30. The van der Waals surface area contributed by atoms with Crippen molar-refractivity contribution in [3.05, 3.63) is 33.8 Å². The van der Waals surface area contributed by atoms with Crippen LogP contribution in [0.2, 0.25) is 0 Å². The molecule has 1 aromatic rings. The molecule has 1 saturated carbocycles. The summed E-state index contributed by atoms with van der Waals surface area (Å²) in [5.41, 5.74) is 1.94. The Kier molecular flexibility index (Phi) is 4.13. The first-order chi connectivity index (χ1) is 9.65. The van der Waals surface area contributed by atoms with Crippen LogP contribution in [0, 0.1) is 12.8 Å². The summed E-state index contributed by atoms with van der Waals surface area (Å²) in [6.07, 6.45) is 3.36. The maximum Gasteiger partial charge on any atom is 0.255 e. The van der Waals surface area contributed by atoms with Crippen LogP contribution in [0.4, 0.5) is 0 Å². The molecule has 1 aliphatic carbocycles. The number of hydrogen-bond acceptors (Lipinski definition) is 2. The fourth-order valence-electron chi connectivity index (χ4n) is 2.74. The highest BCUT2D eigenvalue weighted by atomic mass is 79.9. The normalized spacial score (nSPS) is 22.0. The standard InChI is InChI=1S/C16H20BrNO2/c1-11-2-5-14(15(17)8-11)16(19)18(13-3-4-13)9-12-6-7-20-10-12/h2,5,8,12-13H,3-4,6-7,9-10H2,1H3. The van der Waals surface area contributed by atoms with Gasteiger partial charge in [0.05, 0.1) is 12.2 Å². The number of rotatable bonds is 4. The average Bonchev–Trinajstić information content (AvgIpc) is 3.12. The Morgan fingerprint density at radius 1 is 1.40 bits per heavy atom. The smallest absolute Gasteiger partial charge is 0.255 e. The van der Waals surface area contributed by atoms with Crippen LogP contribution in [0.15, 0.2) is 22.7 Å². The van der Waals surface area contributed by atoms with Gasteiger partial charge in [0.25, 0.3) is 5.91 Å². The highest BCUT2D eigenvalue weighted by Gasteiger charge is 2.35. The third-order valence-corrected chi connectivity index (χ3v) is 4.74. The van der Waals surface area contributed by atoms with E-state index in [2.05, 4.69) is 20.8 Å². The van der Waals surface area contributed by atoms with Crippen LogP contribution in [0.5, 0.6) is 0 Å². The van der Waals surface area contributed by atoms with Gasteiger partial charge in [0.1, 0.15) is 0 Å². The van der Waals surface area contributed by atoms with Gasteiger partial charge in [-0.05, 0) is 59.8 Å². The maximum atomic E-state index is 12.8. The Balaban J connectivity index is 1.77. The van der Waals surface area contributed by atoms with E-state index < -0.39 is 0 Å². The molecule has 1 unspecified atom stereocenters. The van der Waals surface area contributed by atoms with Crippen LogP contribution in [-0.2, 0) is 4.74 Å². The lowest BCUT2D eigenvalue weighted by Crippen LogP contribution is -2.37. The van der Waals surface area contributed by atoms with E-state index in [-0.39, 0.29) is 5.91 Å². The molecular weight excluding hydrogens is 318 g/mol. The molecule has 0 bridgehead atoms. The number of benzene rings is 1. The molecule has 1 atom stereocenters. The molecule has 0 spiro atoms. The summed E-state index contributed by atoms with van der Waals surface area (Å²) in [5.74, 6) is 0.662. The molecule has 20 heavy (non-hydrogen) atoms. The fraction of sp³-hybridized carbons (Fsp3) is 0.562. The van der Waals surface area contributed by atoms with Crippen LogP contribution < -0.4 is 0 Å². The molecule has 108 valence electrons. The molecule has 1 aliphatic heterocycles. The van der Waals surface area contributed by atoms with Crippen molar-refractivity contribution < 1.29 is 9.53 Å². The van der Waals surface area contributed by atoms with Gasteiger partial charge in [0.2, 0.25) is 0 Å². The van der Waals surface area contributed by atoms with E-state index in [1.54, 1.807) is 0 Å². The molecular formula is C16H20BrNO2. The van der Waals surface area contributed by atoms with Crippen molar-refractivity contribution in [3.8, 4) is 0 Å². The Morgan fingerprint density at radius 2 is 2.20 bits per heavy atom. The van der Waals surface area contributed by atoms with Crippen LogP contribution in [0.1, 0.15) is 35.2 Å². The topological polar surface area (TPSA) is 29.5 Å². The van der Waals surface area contributed by atoms with Gasteiger partial charge in [-0.15, -0.1) is 0 Å². The summed E-state index contributed by atoms with van der Waals surface area (Å²) < 4.78 is 6.33. The van der Waals surface area contributed by atoms with Gasteiger partial charge in [-0.2, -0.15) is 0 Å². The summed E-state index contributed by atoms with van der Waals surface area (Å²) in [5, 5.41) is 0. The molecule has 4 heteroatoms. The van der Waals surface area contributed by atoms with Crippen molar-refractivity contribution >= 4 is 21.8 Å². The highest BCUT2D eigenvalue weighted by molar-refractivity contribution is 9.10. The quantitative estimate of drug-likeness (QED) is 0.842. The third kappa shape index (κ3) is 3.07. The lowest BCUT2D eigenvalue weighted by molar-refractivity contribution is 0.0705. The second-order valence-corrected chi connectivity index (χ2v) is 6.76. The fourth-order valence-corrected chi connectivity index (χ4v) is 3.40. The number of hydrogen-bond donors (Lipinski definition) is 0. The minimum absolute atomic E-state index is 0.159. The Labute approximate surface area is 128 Å². The zero-order chi connectivity index (χ0) is 14.1. The van der Waals surface area contributed by atoms with Gasteiger partial charge < -0.3 is 9.64 Å². The summed E-state index contributed by atoms with van der Waals surface area (Å²) >= 11 is 3.53. The van der Waals surface area contributed by atoms with Crippen molar-refractivity contribution in [1.82, 2.24) is 4.90 Å². The predicted octanol–water partition coefficient (Wildman–Crippen LogP) is 3.40. The van der Waals surface area contributed by atoms with Crippen molar-refractivity contribution in [1.29, 1.82) is 0 Å². The van der Waals surface area contributed by atoms with E-state index in [4.69, 9.17) is 4.74 Å². The zero-order valence-corrected chi connectivity index (χ0v) is 13.4. The lowest BCUT2D eigenvalue weighted by Gasteiger charge is -2.25. The number of halogens is 1. The van der Waals surface area contributed by atoms with Crippen molar-refractivity contribution in [3.63, 3.8) is 0 Å². The monoisotopic (exact) mass is 337 g/mol. The average molecular weight is 338 g/mol. The van der Waals surface area contributed by atoms with E-state index in [1.807, 2.05) is 25.1 Å².